The molecule has 1 atom stereocenters. The number of nitrogens with zero attached hydrogens (tertiary/aromatic N) is 2. The minimum absolute atomic E-state index is 0.0161. The summed E-state index contributed by atoms with van der Waals surface area (Å²) in [4.78, 5) is 31.2. The fourth-order valence-corrected chi connectivity index (χ4v) is 3.53. The van der Waals surface area contributed by atoms with E-state index in [1.165, 1.54) is 11.2 Å². The summed E-state index contributed by atoms with van der Waals surface area (Å²) >= 11 is 0. The molecule has 7 nitrogen and oxygen atoms in total. The summed E-state index contributed by atoms with van der Waals surface area (Å²) < 4.78 is 11.0. The molecule has 1 fully saturated rings. The van der Waals surface area contributed by atoms with Crippen LogP contribution in [0.2, 0.25) is 0 Å². The summed E-state index contributed by atoms with van der Waals surface area (Å²) in [6.07, 6.45) is 4.71. The van der Waals surface area contributed by atoms with Crippen molar-refractivity contribution < 1.29 is 23.8 Å². The zero-order valence-corrected chi connectivity index (χ0v) is 16.3. The molecule has 30 heavy (non-hydrogen) atoms. The van der Waals surface area contributed by atoms with Gasteiger partial charge in [-0.05, 0) is 48.9 Å². The van der Waals surface area contributed by atoms with E-state index in [9.17, 15) is 14.7 Å². The van der Waals surface area contributed by atoms with Crippen LogP contribution in [0.4, 0.5) is 0 Å². The lowest BCUT2D eigenvalue weighted by molar-refractivity contribution is -0.140. The molecule has 1 aromatic carbocycles. The lowest BCUT2D eigenvalue weighted by Gasteiger charge is -2.23. The lowest BCUT2D eigenvalue weighted by Crippen LogP contribution is -2.29. The molecule has 1 aliphatic rings. The van der Waals surface area contributed by atoms with Crippen LogP contribution in [0.15, 0.2) is 77.2 Å². The molecule has 0 aliphatic carbocycles. The Morgan fingerprint density at radius 2 is 1.97 bits per heavy atom. The Bertz CT molecular complexity index is 1090. The molecule has 0 saturated carbocycles. The molecule has 2 aromatic heterocycles. The summed E-state index contributed by atoms with van der Waals surface area (Å²) in [7, 11) is 0. The van der Waals surface area contributed by atoms with Crippen molar-refractivity contribution in [3.8, 4) is 5.75 Å². The molecule has 0 radical (unpaired) electrons. The van der Waals surface area contributed by atoms with Gasteiger partial charge in [0.1, 0.15) is 23.3 Å². The molecule has 152 valence electrons. The zero-order chi connectivity index (χ0) is 21.1. The van der Waals surface area contributed by atoms with E-state index in [2.05, 4.69) is 4.98 Å². The first kappa shape index (κ1) is 19.4. The molecule has 0 spiro atoms. The second-order valence-electron chi connectivity index (χ2n) is 6.76. The van der Waals surface area contributed by atoms with Gasteiger partial charge in [-0.3, -0.25) is 14.6 Å². The number of hydrogen-bond acceptors (Lipinski definition) is 6. The van der Waals surface area contributed by atoms with Gasteiger partial charge in [0, 0.05) is 24.5 Å². The highest BCUT2D eigenvalue weighted by atomic mass is 16.5. The minimum Gasteiger partial charge on any atom is -0.507 e. The highest BCUT2D eigenvalue weighted by molar-refractivity contribution is 6.46. The van der Waals surface area contributed by atoms with Crippen molar-refractivity contribution in [2.45, 2.75) is 19.5 Å². The number of rotatable bonds is 6. The summed E-state index contributed by atoms with van der Waals surface area (Å²) in [5, 5.41) is 11.0. The third-order valence-corrected chi connectivity index (χ3v) is 4.87. The van der Waals surface area contributed by atoms with Crippen molar-refractivity contribution in [3.63, 3.8) is 0 Å². The van der Waals surface area contributed by atoms with Crippen LogP contribution in [-0.4, -0.2) is 33.3 Å². The number of carbonyl (C=O) groups excluding carboxylic acids is 2. The molecular weight excluding hydrogens is 384 g/mol. The van der Waals surface area contributed by atoms with E-state index < -0.39 is 17.7 Å². The van der Waals surface area contributed by atoms with Crippen molar-refractivity contribution in [1.29, 1.82) is 0 Å². The van der Waals surface area contributed by atoms with E-state index in [-0.39, 0.29) is 17.9 Å². The maximum atomic E-state index is 12.9. The van der Waals surface area contributed by atoms with Crippen LogP contribution >= 0.6 is 0 Å². The van der Waals surface area contributed by atoms with Gasteiger partial charge in [0.2, 0.25) is 0 Å². The summed E-state index contributed by atoms with van der Waals surface area (Å²) in [6, 6.07) is 12.8. The van der Waals surface area contributed by atoms with Gasteiger partial charge < -0.3 is 19.2 Å². The number of furan rings is 1. The number of pyridine rings is 1. The third kappa shape index (κ3) is 3.57. The fraction of sp³-hybridized carbons (Fsp3) is 0.174. The predicted molar refractivity (Wildman–Crippen MR) is 108 cm³/mol. The Hall–Kier alpha value is -3.87. The normalized spacial score (nSPS) is 18.0. The van der Waals surface area contributed by atoms with Crippen LogP contribution in [0, 0.1) is 0 Å². The Morgan fingerprint density at radius 1 is 1.17 bits per heavy atom. The molecule has 1 N–H and O–H groups in total. The first-order valence-corrected chi connectivity index (χ1v) is 9.54. The number of aliphatic hydroxyl groups excluding tert-OH is 1. The average molecular weight is 404 g/mol. The van der Waals surface area contributed by atoms with Crippen LogP contribution in [0.25, 0.3) is 5.76 Å². The number of carbonyl (C=O) groups is 2. The first-order chi connectivity index (χ1) is 14.6. The molecule has 1 unspecified atom stereocenters. The number of aliphatic hydroxyl groups is 1. The molecule has 0 bridgehead atoms. The van der Waals surface area contributed by atoms with Gasteiger partial charge >= 0.3 is 0 Å². The van der Waals surface area contributed by atoms with Gasteiger partial charge in [-0.25, -0.2) is 0 Å². The molecule has 3 heterocycles. The van der Waals surface area contributed by atoms with Gasteiger partial charge in [0.15, 0.2) is 0 Å². The van der Waals surface area contributed by atoms with E-state index in [0.29, 0.717) is 23.7 Å². The molecular formula is C23H20N2O5. The highest BCUT2D eigenvalue weighted by Crippen LogP contribution is 2.40. The van der Waals surface area contributed by atoms with Crippen molar-refractivity contribution in [2.75, 3.05) is 6.61 Å². The first-order valence-electron chi connectivity index (χ1n) is 9.54. The Morgan fingerprint density at radius 3 is 2.67 bits per heavy atom. The number of likely N-dealkylation sites (tertiary alicyclic amines) is 1. The number of ether oxygens (including phenoxy) is 1. The van der Waals surface area contributed by atoms with Crippen molar-refractivity contribution in [1.82, 2.24) is 9.88 Å². The van der Waals surface area contributed by atoms with E-state index >= 15 is 0 Å². The molecule has 4 rings (SSSR count). The van der Waals surface area contributed by atoms with Gasteiger partial charge in [-0.2, -0.15) is 0 Å². The zero-order valence-electron chi connectivity index (χ0n) is 16.3. The standard InChI is InChI=1S/C23H20N2O5/c1-2-29-17-6-3-5-16(13-17)21(26)19-20(18-7-4-12-30-18)25(23(28)22(19)27)14-15-8-10-24-11-9-15/h3-13,20,26H,2,14H2,1H3/b21-19+. The number of Topliss-reactive ketones (excluding diaryl/α,β-unsaturated/α-hetero) is 1. The van der Waals surface area contributed by atoms with E-state index in [0.717, 1.165) is 5.56 Å². The third-order valence-electron chi connectivity index (χ3n) is 4.87. The van der Waals surface area contributed by atoms with Crippen LogP contribution in [0.3, 0.4) is 0 Å². The smallest absolute Gasteiger partial charge is 0.296 e. The van der Waals surface area contributed by atoms with Crippen LogP contribution in [-0.2, 0) is 16.1 Å². The Labute approximate surface area is 173 Å². The highest BCUT2D eigenvalue weighted by Gasteiger charge is 2.47. The minimum atomic E-state index is -0.844. The molecule has 1 saturated heterocycles. The quantitative estimate of drug-likeness (QED) is 0.383. The second kappa shape index (κ2) is 8.24. The Kier molecular flexibility index (Phi) is 5.34. The molecule has 1 amide bonds. The van der Waals surface area contributed by atoms with Crippen molar-refractivity contribution in [3.05, 3.63) is 89.6 Å². The van der Waals surface area contributed by atoms with E-state index in [1.54, 1.807) is 60.9 Å². The predicted octanol–water partition coefficient (Wildman–Crippen LogP) is 3.70. The Balaban J connectivity index is 1.81. The maximum Gasteiger partial charge on any atom is 0.296 e. The van der Waals surface area contributed by atoms with Crippen LogP contribution < -0.4 is 4.74 Å². The molecule has 7 heteroatoms. The number of ketones is 1. The molecule has 3 aromatic rings. The molecule has 1 aliphatic heterocycles. The largest absolute Gasteiger partial charge is 0.507 e. The van der Waals surface area contributed by atoms with Crippen molar-refractivity contribution in [2.24, 2.45) is 0 Å². The van der Waals surface area contributed by atoms with Crippen molar-refractivity contribution >= 4 is 17.4 Å². The monoisotopic (exact) mass is 404 g/mol. The van der Waals surface area contributed by atoms with Gasteiger partial charge in [-0.15, -0.1) is 0 Å². The summed E-state index contributed by atoms with van der Waals surface area (Å²) in [5.74, 6) is -0.776. The summed E-state index contributed by atoms with van der Waals surface area (Å²) in [5.41, 5.74) is 1.18. The number of aromatic nitrogens is 1. The number of amides is 1. The lowest BCUT2D eigenvalue weighted by atomic mass is 9.99. The fourth-order valence-electron chi connectivity index (χ4n) is 3.53. The maximum absolute atomic E-state index is 12.9. The van der Waals surface area contributed by atoms with Crippen LogP contribution in [0.5, 0.6) is 5.75 Å². The van der Waals surface area contributed by atoms with E-state index in [1.807, 2.05) is 6.92 Å². The summed E-state index contributed by atoms with van der Waals surface area (Å²) in [6.45, 7) is 2.50. The van der Waals surface area contributed by atoms with E-state index in [4.69, 9.17) is 9.15 Å². The number of benzene rings is 1. The van der Waals surface area contributed by atoms with Gasteiger partial charge in [-0.1, -0.05) is 12.1 Å². The van der Waals surface area contributed by atoms with Gasteiger partial charge in [0.05, 0.1) is 18.4 Å². The van der Waals surface area contributed by atoms with Crippen LogP contribution in [0.1, 0.15) is 29.9 Å². The number of hydrogen-bond donors (Lipinski definition) is 1. The average Bonchev–Trinajstić information content (AvgIpc) is 3.37. The second-order valence-corrected chi connectivity index (χ2v) is 6.76. The van der Waals surface area contributed by atoms with Gasteiger partial charge in [0.25, 0.3) is 11.7 Å². The SMILES string of the molecule is CCOc1cccc(/C(O)=C2\C(=O)C(=O)N(Cc3ccncc3)C2c2ccco2)c1. The topological polar surface area (TPSA) is 92.9 Å².